The van der Waals surface area contributed by atoms with Crippen LogP contribution >= 0.6 is 0 Å². The lowest BCUT2D eigenvalue weighted by atomic mass is 9.81. The number of piperazine rings is 1. The summed E-state index contributed by atoms with van der Waals surface area (Å²) in [5, 5.41) is 10.6. The molecule has 13 nitrogen and oxygen atoms in total. The Morgan fingerprint density at radius 1 is 1.05 bits per heavy atom. The zero-order valence-electron chi connectivity index (χ0n) is 31.1. The number of carbonyl (C=O) groups is 3. The maximum Gasteiger partial charge on any atom is 0.289 e. The number of likely N-dealkylation sites (N-methyl/N-ethyl adjacent to an activating group) is 1. The average Bonchev–Trinajstić information content (AvgIpc) is 3.59. The number of anilines is 1. The molecule has 0 unspecified atom stereocenters. The van der Waals surface area contributed by atoms with Crippen LogP contribution in [-0.4, -0.2) is 112 Å². The summed E-state index contributed by atoms with van der Waals surface area (Å²) in [6.45, 7) is 14.3. The molecule has 4 aromatic rings. The molecule has 2 saturated heterocycles. The summed E-state index contributed by atoms with van der Waals surface area (Å²) in [7, 11) is 0. The lowest BCUT2D eigenvalue weighted by molar-refractivity contribution is -0.121. The van der Waals surface area contributed by atoms with Crippen LogP contribution in [0.5, 0.6) is 0 Å². The summed E-state index contributed by atoms with van der Waals surface area (Å²) in [5.74, 6) is -5.56. The van der Waals surface area contributed by atoms with Gasteiger partial charge in [0.1, 0.15) is 17.6 Å². The van der Waals surface area contributed by atoms with Crippen LogP contribution < -0.4 is 15.5 Å². The number of hydrogen-bond donors (Lipinski definition) is 2. The lowest BCUT2D eigenvalue weighted by Gasteiger charge is -2.42. The summed E-state index contributed by atoms with van der Waals surface area (Å²) in [6.07, 6.45) is 2.77. The van der Waals surface area contributed by atoms with Crippen molar-refractivity contribution in [2.45, 2.75) is 50.7 Å². The van der Waals surface area contributed by atoms with Gasteiger partial charge in [-0.2, -0.15) is 13.9 Å². The number of halogens is 2. The molecule has 7 rings (SSSR count). The van der Waals surface area contributed by atoms with Gasteiger partial charge in [0, 0.05) is 69.4 Å². The van der Waals surface area contributed by atoms with E-state index in [0.717, 1.165) is 62.9 Å². The van der Waals surface area contributed by atoms with Gasteiger partial charge < -0.3 is 15.4 Å². The number of nitrogens with zero attached hydrogens (tertiary/aromatic N) is 7. The molecule has 3 amide bonds. The standard InChI is InChI=1S/C40H45F2N9O4/c1-5-50-38-31(21-44-51(38)29-12-7-6-8-13-29)33(34(39(50)54)47-37(53)35-43-15-14-32(46-35)40(4,41)42)28-11-9-10-27(20-28)26(3)45-36(52)25(2)22-48-16-18-49(19-17-48)30-23-55-24-30/h6-15,20-21,26,30,33-34H,2,5,16-19,22-24H2,1,3-4H3,(H,45,52)(H,47,53)/t26-,33+,34-/m0/s1. The van der Waals surface area contributed by atoms with Crippen molar-refractivity contribution in [1.29, 1.82) is 0 Å². The largest absolute Gasteiger partial charge is 0.378 e. The third kappa shape index (κ3) is 7.90. The highest BCUT2D eigenvalue weighted by molar-refractivity contribution is 6.04. The maximum atomic E-state index is 14.5. The number of nitrogens with one attached hydrogen (secondary N) is 2. The van der Waals surface area contributed by atoms with Gasteiger partial charge in [0.05, 0.1) is 37.2 Å². The van der Waals surface area contributed by atoms with Crippen LogP contribution in [0.3, 0.4) is 0 Å². The number of ether oxygens (including phenoxy) is 1. The Morgan fingerprint density at radius 3 is 2.47 bits per heavy atom. The summed E-state index contributed by atoms with van der Waals surface area (Å²) >= 11 is 0. The molecule has 15 heteroatoms. The van der Waals surface area contributed by atoms with Gasteiger partial charge in [-0.05, 0) is 43.2 Å². The Morgan fingerprint density at radius 2 is 1.80 bits per heavy atom. The molecule has 5 heterocycles. The molecule has 2 fully saturated rings. The lowest BCUT2D eigenvalue weighted by Crippen LogP contribution is -2.56. The van der Waals surface area contributed by atoms with Crippen molar-refractivity contribution in [1.82, 2.24) is 40.2 Å². The predicted octanol–water partition coefficient (Wildman–Crippen LogP) is 3.82. The van der Waals surface area contributed by atoms with E-state index in [1.807, 2.05) is 68.4 Å². The van der Waals surface area contributed by atoms with Gasteiger partial charge in [0.15, 0.2) is 0 Å². The molecule has 0 aliphatic carbocycles. The van der Waals surface area contributed by atoms with Crippen molar-refractivity contribution < 1.29 is 27.9 Å². The minimum absolute atomic E-state index is 0.254. The molecule has 0 spiro atoms. The van der Waals surface area contributed by atoms with Crippen molar-refractivity contribution in [2.75, 3.05) is 57.4 Å². The molecule has 0 saturated carbocycles. The Hall–Kier alpha value is -5.38. The van der Waals surface area contributed by atoms with E-state index in [1.165, 1.54) is 0 Å². The fourth-order valence-electron chi connectivity index (χ4n) is 7.40. The Kier molecular flexibility index (Phi) is 10.9. The minimum atomic E-state index is -3.30. The minimum Gasteiger partial charge on any atom is -0.378 e. The summed E-state index contributed by atoms with van der Waals surface area (Å²) in [4.78, 5) is 55.5. The highest BCUT2D eigenvalue weighted by atomic mass is 19.3. The number of hydrogen-bond acceptors (Lipinski definition) is 9. The quantitative estimate of drug-likeness (QED) is 0.207. The van der Waals surface area contributed by atoms with E-state index in [1.54, 1.807) is 15.8 Å². The molecular formula is C40H45F2N9O4. The summed E-state index contributed by atoms with van der Waals surface area (Å²) < 4.78 is 35.3. The Bertz CT molecular complexity index is 2060. The third-order valence-electron chi connectivity index (χ3n) is 10.5. The first-order valence-electron chi connectivity index (χ1n) is 18.5. The maximum absolute atomic E-state index is 14.5. The van der Waals surface area contributed by atoms with Crippen LogP contribution in [0.25, 0.3) is 5.69 Å². The normalized spacial score (nSPS) is 20.0. The van der Waals surface area contributed by atoms with Crippen molar-refractivity contribution in [3.8, 4) is 5.69 Å². The van der Waals surface area contributed by atoms with Crippen molar-refractivity contribution in [3.63, 3.8) is 0 Å². The van der Waals surface area contributed by atoms with Crippen LogP contribution in [0.4, 0.5) is 14.6 Å². The van der Waals surface area contributed by atoms with Gasteiger partial charge in [-0.15, -0.1) is 0 Å². The summed E-state index contributed by atoms with van der Waals surface area (Å²) in [6, 6.07) is 16.8. The number of fused-ring (bicyclic) bond motifs is 1. The number of alkyl halides is 2. The highest BCUT2D eigenvalue weighted by Crippen LogP contribution is 2.42. The topological polar surface area (TPSA) is 138 Å². The number of rotatable bonds is 12. The Labute approximate surface area is 318 Å². The molecule has 288 valence electrons. The first kappa shape index (κ1) is 37.9. The van der Waals surface area contributed by atoms with Gasteiger partial charge in [-0.1, -0.05) is 49.0 Å². The van der Waals surface area contributed by atoms with Crippen LogP contribution in [0, 0.1) is 0 Å². The van der Waals surface area contributed by atoms with Gasteiger partial charge in [-0.25, -0.2) is 14.6 Å². The van der Waals surface area contributed by atoms with Crippen LogP contribution in [0.2, 0.25) is 0 Å². The van der Waals surface area contributed by atoms with E-state index in [0.29, 0.717) is 42.0 Å². The van der Waals surface area contributed by atoms with E-state index in [9.17, 15) is 23.2 Å². The zero-order chi connectivity index (χ0) is 38.9. The molecule has 0 bridgehead atoms. The molecule has 3 aliphatic rings. The Balaban J connectivity index is 1.16. The van der Waals surface area contributed by atoms with E-state index >= 15 is 0 Å². The SMILES string of the molecule is C=C(CN1CCN(C2COC2)CC1)C(=O)N[C@@H](C)c1cccc([C@@H]2c3cnn(-c4ccccc4)c3N(CC)C(=O)[C@H]2NC(=O)c2nccc(C(C)(F)F)n2)c1. The van der Waals surface area contributed by atoms with E-state index in [2.05, 4.69) is 37.0 Å². The first-order valence-corrected chi connectivity index (χ1v) is 18.5. The second-order valence-electron chi connectivity index (χ2n) is 14.3. The number of aromatic nitrogens is 4. The highest BCUT2D eigenvalue weighted by Gasteiger charge is 2.45. The van der Waals surface area contributed by atoms with Gasteiger partial charge in [0.2, 0.25) is 11.7 Å². The molecule has 55 heavy (non-hydrogen) atoms. The zero-order valence-corrected chi connectivity index (χ0v) is 31.1. The fourth-order valence-corrected chi connectivity index (χ4v) is 7.40. The number of para-hydroxylation sites is 1. The van der Waals surface area contributed by atoms with Gasteiger partial charge >= 0.3 is 0 Å². The molecule has 2 aromatic heterocycles. The fraction of sp³-hybridized carbons (Fsp3) is 0.400. The molecular weight excluding hydrogens is 708 g/mol. The van der Waals surface area contributed by atoms with Gasteiger partial charge in [-0.3, -0.25) is 29.1 Å². The van der Waals surface area contributed by atoms with Crippen molar-refractivity contribution in [3.05, 3.63) is 113 Å². The second kappa shape index (κ2) is 15.8. The first-order chi connectivity index (χ1) is 26.4. The smallest absolute Gasteiger partial charge is 0.289 e. The van der Waals surface area contributed by atoms with Crippen LogP contribution in [-0.2, 0) is 20.2 Å². The van der Waals surface area contributed by atoms with Crippen LogP contribution in [0.1, 0.15) is 65.7 Å². The number of amides is 3. The predicted molar refractivity (Wildman–Crippen MR) is 201 cm³/mol. The number of benzene rings is 2. The van der Waals surface area contributed by atoms with E-state index in [-0.39, 0.29) is 12.5 Å². The van der Waals surface area contributed by atoms with Crippen molar-refractivity contribution >= 4 is 23.5 Å². The second-order valence-corrected chi connectivity index (χ2v) is 14.3. The molecule has 0 radical (unpaired) electrons. The molecule has 3 atom stereocenters. The molecule has 3 aliphatic heterocycles. The number of carbonyl (C=O) groups excluding carboxylic acids is 3. The summed E-state index contributed by atoms with van der Waals surface area (Å²) in [5.41, 5.74) is 2.69. The van der Waals surface area contributed by atoms with Gasteiger partial charge in [0.25, 0.3) is 17.7 Å². The average molecular weight is 754 g/mol. The molecule has 2 aromatic carbocycles. The molecule has 2 N–H and O–H groups in total. The van der Waals surface area contributed by atoms with E-state index < -0.39 is 47.3 Å². The van der Waals surface area contributed by atoms with E-state index in [4.69, 9.17) is 9.84 Å². The third-order valence-corrected chi connectivity index (χ3v) is 10.5. The van der Waals surface area contributed by atoms with Crippen molar-refractivity contribution in [2.24, 2.45) is 0 Å². The van der Waals surface area contributed by atoms with Crippen LogP contribution in [0.15, 0.2) is 85.2 Å². The monoisotopic (exact) mass is 753 g/mol.